The molecule has 43 heavy (non-hydrogen) atoms. The third-order valence-corrected chi connectivity index (χ3v) is 10.2. The van der Waals surface area contributed by atoms with Gasteiger partial charge in [-0.25, -0.2) is 0 Å². The topological polar surface area (TPSA) is 101 Å². The first-order valence-corrected chi connectivity index (χ1v) is 16.1. The van der Waals surface area contributed by atoms with Crippen molar-refractivity contribution in [3.63, 3.8) is 0 Å². The summed E-state index contributed by atoms with van der Waals surface area (Å²) in [6.07, 6.45) is 10.7. The molecule has 2 aliphatic carbocycles. The van der Waals surface area contributed by atoms with Gasteiger partial charge >= 0.3 is 0 Å². The number of ketones is 2. The molecule has 0 saturated heterocycles. The fourth-order valence-corrected chi connectivity index (χ4v) is 7.66. The van der Waals surface area contributed by atoms with Crippen LogP contribution in [0.2, 0.25) is 0 Å². The standard InChI is InChI=1S/C37H37NO4S/c1-2-3-4-5-22-6-8-23(9-7-22)24-10-12-25(13-11-24)26-14-16-27(17-15-26)43-31-21-20-30(40)34-35(31)36(41)32-28(38)18-19-29(39)33(32)37(34)42/h10-23,39-40H,2-9,38H2,1H3. The molecule has 0 aliphatic heterocycles. The SMILES string of the molecule is CCCCCC1CCC(c2ccc(-c3ccc(Sc4ccc(O)c5c4C(=O)c4c(N)ccc(O)c4C5=O)cc3)cc2)CC1. The van der Waals surface area contributed by atoms with E-state index in [0.29, 0.717) is 10.8 Å². The Hall–Kier alpha value is -4.03. The molecule has 4 aromatic carbocycles. The summed E-state index contributed by atoms with van der Waals surface area (Å²) in [5, 5.41) is 20.9. The summed E-state index contributed by atoms with van der Waals surface area (Å²) in [5.74, 6) is -0.173. The van der Waals surface area contributed by atoms with E-state index in [1.54, 1.807) is 6.07 Å². The van der Waals surface area contributed by atoms with Crippen LogP contribution in [0.15, 0.2) is 82.6 Å². The number of hydrogen-bond donors (Lipinski definition) is 3. The Morgan fingerprint density at radius 3 is 1.93 bits per heavy atom. The zero-order chi connectivity index (χ0) is 30.1. The zero-order valence-electron chi connectivity index (χ0n) is 24.4. The minimum Gasteiger partial charge on any atom is -0.507 e. The largest absolute Gasteiger partial charge is 0.507 e. The fraction of sp³-hybridized carbons (Fsp3) is 0.297. The van der Waals surface area contributed by atoms with Gasteiger partial charge in [-0.3, -0.25) is 9.59 Å². The van der Waals surface area contributed by atoms with Crippen molar-refractivity contribution in [2.24, 2.45) is 5.92 Å². The van der Waals surface area contributed by atoms with Gasteiger partial charge in [0.2, 0.25) is 5.78 Å². The van der Waals surface area contributed by atoms with Gasteiger partial charge in [-0.2, -0.15) is 0 Å². The number of nitrogen functional groups attached to an aromatic ring is 1. The van der Waals surface area contributed by atoms with Crippen LogP contribution in [0, 0.1) is 5.92 Å². The molecule has 1 saturated carbocycles. The van der Waals surface area contributed by atoms with E-state index in [1.807, 2.05) is 12.1 Å². The smallest absolute Gasteiger partial charge is 0.202 e. The van der Waals surface area contributed by atoms with Crippen molar-refractivity contribution in [3.8, 4) is 22.6 Å². The minimum absolute atomic E-state index is 0.0243. The third kappa shape index (κ3) is 5.68. The lowest BCUT2D eigenvalue weighted by Gasteiger charge is -2.29. The maximum atomic E-state index is 13.6. The molecule has 2 aliphatic rings. The van der Waals surface area contributed by atoms with Crippen LogP contribution >= 0.6 is 11.8 Å². The van der Waals surface area contributed by atoms with Gasteiger partial charge in [-0.05, 0) is 90.6 Å². The average molecular weight is 592 g/mol. The average Bonchev–Trinajstić information content (AvgIpc) is 3.02. The molecule has 0 amide bonds. The predicted octanol–water partition coefficient (Wildman–Crippen LogP) is 9.13. The summed E-state index contributed by atoms with van der Waals surface area (Å²) < 4.78 is 0. The first kappa shape index (κ1) is 29.1. The molecule has 6 rings (SSSR count). The van der Waals surface area contributed by atoms with Gasteiger partial charge in [0, 0.05) is 15.5 Å². The zero-order valence-corrected chi connectivity index (χ0v) is 25.3. The Labute approximate surface area is 257 Å². The quantitative estimate of drug-likeness (QED) is 0.0945. The molecule has 0 bridgehead atoms. The van der Waals surface area contributed by atoms with Crippen molar-refractivity contribution >= 4 is 29.0 Å². The van der Waals surface area contributed by atoms with Crippen LogP contribution in [0.25, 0.3) is 11.1 Å². The summed E-state index contributed by atoms with van der Waals surface area (Å²) in [6.45, 7) is 2.27. The van der Waals surface area contributed by atoms with Gasteiger partial charge in [0.1, 0.15) is 11.5 Å². The molecule has 0 atom stereocenters. The summed E-state index contributed by atoms with van der Waals surface area (Å²) in [5.41, 5.74) is 9.68. The Bertz CT molecular complexity index is 1670. The monoisotopic (exact) mass is 591 g/mol. The number of benzene rings is 4. The lowest BCUT2D eigenvalue weighted by molar-refractivity contribution is 0.0972. The molecule has 0 unspecified atom stereocenters. The highest BCUT2D eigenvalue weighted by molar-refractivity contribution is 7.99. The van der Waals surface area contributed by atoms with Crippen LogP contribution in [0.3, 0.4) is 0 Å². The Morgan fingerprint density at radius 2 is 1.28 bits per heavy atom. The lowest BCUT2D eigenvalue weighted by atomic mass is 9.77. The molecule has 220 valence electrons. The lowest BCUT2D eigenvalue weighted by Crippen LogP contribution is -2.23. The van der Waals surface area contributed by atoms with Crippen LogP contribution in [0.4, 0.5) is 5.69 Å². The van der Waals surface area contributed by atoms with E-state index < -0.39 is 11.6 Å². The Balaban J connectivity index is 1.17. The predicted molar refractivity (Wildman–Crippen MR) is 172 cm³/mol. The van der Waals surface area contributed by atoms with Crippen LogP contribution < -0.4 is 5.73 Å². The Morgan fingerprint density at radius 1 is 0.698 bits per heavy atom. The molecule has 0 radical (unpaired) electrons. The third-order valence-electron chi connectivity index (χ3n) is 9.13. The normalized spacial score (nSPS) is 17.9. The van der Waals surface area contributed by atoms with E-state index >= 15 is 0 Å². The van der Waals surface area contributed by atoms with E-state index in [-0.39, 0.29) is 39.4 Å². The summed E-state index contributed by atoms with van der Waals surface area (Å²) in [6, 6.07) is 22.8. The number of aromatic hydroxyl groups is 2. The van der Waals surface area contributed by atoms with Gasteiger partial charge in [-0.1, -0.05) is 80.8 Å². The number of carbonyl (C=O) groups is 2. The number of anilines is 1. The van der Waals surface area contributed by atoms with Crippen LogP contribution in [0.5, 0.6) is 11.5 Å². The molecular weight excluding hydrogens is 554 g/mol. The second-order valence-electron chi connectivity index (χ2n) is 11.9. The first-order valence-electron chi connectivity index (χ1n) is 15.3. The maximum Gasteiger partial charge on any atom is 0.202 e. The fourth-order valence-electron chi connectivity index (χ4n) is 6.70. The molecule has 0 heterocycles. The van der Waals surface area contributed by atoms with Crippen molar-refractivity contribution in [2.75, 3.05) is 5.73 Å². The molecule has 6 heteroatoms. The van der Waals surface area contributed by atoms with E-state index in [1.165, 1.54) is 86.9 Å². The Kier molecular flexibility index (Phi) is 8.31. The number of unbranched alkanes of at least 4 members (excludes halogenated alkanes) is 2. The van der Waals surface area contributed by atoms with Crippen molar-refractivity contribution < 1.29 is 19.8 Å². The number of nitrogens with two attached hydrogens (primary N) is 1. The number of phenolic OH excluding ortho intramolecular Hbond substituents is 2. The molecular formula is C37H37NO4S. The highest BCUT2D eigenvalue weighted by Gasteiger charge is 2.37. The highest BCUT2D eigenvalue weighted by atomic mass is 32.2. The van der Waals surface area contributed by atoms with Gasteiger partial charge in [0.05, 0.1) is 22.3 Å². The summed E-state index contributed by atoms with van der Waals surface area (Å²) in [4.78, 5) is 28.3. The van der Waals surface area contributed by atoms with Gasteiger partial charge in [-0.15, -0.1) is 0 Å². The molecule has 4 N–H and O–H groups in total. The van der Waals surface area contributed by atoms with Gasteiger partial charge in [0.15, 0.2) is 5.78 Å². The van der Waals surface area contributed by atoms with E-state index in [0.717, 1.165) is 21.9 Å². The number of phenols is 2. The maximum absolute atomic E-state index is 13.6. The summed E-state index contributed by atoms with van der Waals surface area (Å²) in [7, 11) is 0. The second kappa shape index (κ2) is 12.3. The summed E-state index contributed by atoms with van der Waals surface area (Å²) >= 11 is 1.35. The van der Waals surface area contributed by atoms with Crippen molar-refractivity contribution in [2.45, 2.75) is 74.0 Å². The van der Waals surface area contributed by atoms with Crippen LogP contribution in [-0.4, -0.2) is 21.8 Å². The molecule has 5 nitrogen and oxygen atoms in total. The van der Waals surface area contributed by atoms with E-state index in [4.69, 9.17) is 5.73 Å². The minimum atomic E-state index is -0.617. The van der Waals surface area contributed by atoms with Crippen molar-refractivity contribution in [1.29, 1.82) is 0 Å². The van der Waals surface area contributed by atoms with Crippen LogP contribution in [0.1, 0.15) is 102 Å². The molecule has 0 aromatic heterocycles. The highest BCUT2D eigenvalue weighted by Crippen LogP contribution is 2.44. The molecule has 4 aromatic rings. The van der Waals surface area contributed by atoms with Gasteiger partial charge < -0.3 is 15.9 Å². The number of rotatable bonds is 8. The van der Waals surface area contributed by atoms with E-state index in [9.17, 15) is 19.8 Å². The first-order chi connectivity index (χ1) is 20.9. The number of carbonyl (C=O) groups excluding carboxylic acids is 2. The number of hydrogen-bond acceptors (Lipinski definition) is 6. The van der Waals surface area contributed by atoms with Crippen molar-refractivity contribution in [3.05, 3.63) is 101 Å². The van der Waals surface area contributed by atoms with E-state index in [2.05, 4.69) is 43.3 Å². The van der Waals surface area contributed by atoms with Crippen molar-refractivity contribution in [1.82, 2.24) is 0 Å². The second-order valence-corrected chi connectivity index (χ2v) is 13.0. The number of fused-ring (bicyclic) bond motifs is 2. The van der Waals surface area contributed by atoms with Gasteiger partial charge in [0.25, 0.3) is 0 Å². The molecule has 1 fully saturated rings. The molecule has 0 spiro atoms. The van der Waals surface area contributed by atoms with Crippen LogP contribution in [-0.2, 0) is 0 Å².